The van der Waals surface area contributed by atoms with E-state index in [1.807, 2.05) is 0 Å². The van der Waals surface area contributed by atoms with Crippen LogP contribution in [-0.2, 0) is 0 Å². The normalized spacial score (nSPS) is 54.2. The largest absolute Gasteiger partial charge is 0.306 e. The summed E-state index contributed by atoms with van der Waals surface area (Å²) in [6, 6.07) is 0.851. The first-order valence-electron chi connectivity index (χ1n) is 11.1. The monoisotopic (exact) mass is 331 g/mol. The van der Waals surface area contributed by atoms with E-state index >= 15 is 0 Å². The van der Waals surface area contributed by atoms with Crippen molar-refractivity contribution in [2.24, 2.45) is 40.4 Å². The molecule has 0 aromatic carbocycles. The molecule has 0 heterocycles. The second kappa shape index (κ2) is 6.00. The number of nitrogens with zero attached hydrogens (tertiary/aromatic N) is 1. The van der Waals surface area contributed by atoms with Crippen LogP contribution in [0.15, 0.2) is 0 Å². The van der Waals surface area contributed by atoms with Crippen molar-refractivity contribution in [3.8, 4) is 0 Å². The number of fused-ring (bicyclic) bond motifs is 5. The summed E-state index contributed by atoms with van der Waals surface area (Å²) < 4.78 is 0. The Labute approximate surface area is 151 Å². The summed E-state index contributed by atoms with van der Waals surface area (Å²) >= 11 is 0. The zero-order valence-corrected chi connectivity index (χ0v) is 17.0. The first-order valence-corrected chi connectivity index (χ1v) is 11.1. The van der Waals surface area contributed by atoms with Crippen LogP contribution in [0.1, 0.15) is 85.0 Å². The molecule has 0 aromatic rings. The number of hydrogen-bond donors (Lipinski definition) is 0. The molecular formula is C23H41N. The van der Waals surface area contributed by atoms with Gasteiger partial charge >= 0.3 is 0 Å². The van der Waals surface area contributed by atoms with Gasteiger partial charge in [0.1, 0.15) is 0 Å². The maximum Gasteiger partial charge on any atom is 0.00922 e. The third kappa shape index (κ3) is 2.36. The Kier molecular flexibility index (Phi) is 4.34. The molecule has 2 unspecified atom stereocenters. The average Bonchev–Trinajstić information content (AvgIpc) is 2.90. The maximum atomic E-state index is 2.72. The fourth-order valence-corrected chi connectivity index (χ4v) is 8.48. The van der Waals surface area contributed by atoms with Crippen molar-refractivity contribution in [2.45, 2.75) is 91.0 Å². The molecule has 0 N–H and O–H groups in total. The van der Waals surface area contributed by atoms with Crippen molar-refractivity contribution < 1.29 is 0 Å². The molecule has 0 spiro atoms. The smallest absolute Gasteiger partial charge is 0.00922 e. The van der Waals surface area contributed by atoms with Crippen molar-refractivity contribution in [3.63, 3.8) is 0 Å². The summed E-state index contributed by atoms with van der Waals surface area (Å²) in [5.41, 5.74) is 1.36. The Morgan fingerprint density at radius 3 is 2.25 bits per heavy atom. The van der Waals surface area contributed by atoms with Crippen molar-refractivity contribution >= 4 is 0 Å². The van der Waals surface area contributed by atoms with Gasteiger partial charge in [0.05, 0.1) is 0 Å². The van der Waals surface area contributed by atoms with E-state index in [9.17, 15) is 0 Å². The van der Waals surface area contributed by atoms with Crippen molar-refractivity contribution in [2.75, 3.05) is 14.1 Å². The van der Waals surface area contributed by atoms with E-state index < -0.39 is 0 Å². The third-order valence-electron chi connectivity index (χ3n) is 10.1. The Balaban J connectivity index is 1.56. The quantitative estimate of drug-likeness (QED) is 0.601. The second-order valence-corrected chi connectivity index (χ2v) is 10.8. The van der Waals surface area contributed by atoms with E-state index in [-0.39, 0.29) is 0 Å². The Morgan fingerprint density at radius 1 is 0.833 bits per heavy atom. The summed E-state index contributed by atoms with van der Waals surface area (Å²) in [6.07, 6.45) is 15.1. The van der Waals surface area contributed by atoms with Crippen LogP contribution in [0.2, 0.25) is 0 Å². The van der Waals surface area contributed by atoms with Crippen LogP contribution in [0, 0.1) is 40.4 Å². The topological polar surface area (TPSA) is 3.24 Å². The molecule has 0 aliphatic heterocycles. The van der Waals surface area contributed by atoms with Gasteiger partial charge in [0.15, 0.2) is 0 Å². The molecule has 4 aliphatic carbocycles. The van der Waals surface area contributed by atoms with Gasteiger partial charge in [0, 0.05) is 6.04 Å². The standard InChI is InChI=1S/C23H41N/c1-6-16-8-10-20-19-9-7-17-15-18(24(4)5)11-13-23(17,3)21(19)12-14-22(16,20)2/h16-21H,6-15H2,1-5H3/t16-,17?,18?,19-,20-,21-,22+,23-/m0/s1. The van der Waals surface area contributed by atoms with Gasteiger partial charge in [-0.15, -0.1) is 0 Å². The zero-order chi connectivity index (χ0) is 17.1. The summed E-state index contributed by atoms with van der Waals surface area (Å²) in [4.78, 5) is 2.51. The predicted molar refractivity (Wildman–Crippen MR) is 103 cm³/mol. The Bertz CT molecular complexity index is 471. The minimum Gasteiger partial charge on any atom is -0.306 e. The molecule has 0 bridgehead atoms. The number of rotatable bonds is 2. The van der Waals surface area contributed by atoms with Crippen LogP contribution in [0.5, 0.6) is 0 Å². The lowest BCUT2D eigenvalue weighted by Crippen LogP contribution is -2.54. The van der Waals surface area contributed by atoms with Gasteiger partial charge in [-0.25, -0.2) is 0 Å². The third-order valence-corrected chi connectivity index (χ3v) is 10.1. The fraction of sp³-hybridized carbons (Fsp3) is 1.00. The van der Waals surface area contributed by atoms with Gasteiger partial charge < -0.3 is 4.90 Å². The van der Waals surface area contributed by atoms with Crippen LogP contribution in [0.3, 0.4) is 0 Å². The fourth-order valence-electron chi connectivity index (χ4n) is 8.48. The first kappa shape index (κ1) is 17.4. The highest BCUT2D eigenvalue weighted by atomic mass is 15.1. The molecule has 0 aromatic heterocycles. The lowest BCUT2D eigenvalue weighted by Gasteiger charge is -2.61. The molecule has 138 valence electrons. The Hall–Kier alpha value is -0.0400. The summed E-state index contributed by atoms with van der Waals surface area (Å²) in [7, 11) is 4.60. The lowest BCUT2D eigenvalue weighted by molar-refractivity contribution is -0.119. The summed E-state index contributed by atoms with van der Waals surface area (Å²) in [5.74, 6) is 5.21. The van der Waals surface area contributed by atoms with Gasteiger partial charge in [0.25, 0.3) is 0 Å². The molecular weight excluding hydrogens is 290 g/mol. The first-order chi connectivity index (χ1) is 11.4. The van der Waals surface area contributed by atoms with Crippen molar-refractivity contribution in [1.82, 2.24) is 4.90 Å². The predicted octanol–water partition coefficient (Wildman–Crippen LogP) is 5.99. The minimum atomic E-state index is 0.668. The highest BCUT2D eigenvalue weighted by Crippen LogP contribution is 2.67. The molecule has 0 amide bonds. The molecule has 4 rings (SSSR count). The van der Waals surface area contributed by atoms with Gasteiger partial charge in [0.2, 0.25) is 0 Å². The van der Waals surface area contributed by atoms with E-state index in [1.165, 1.54) is 44.9 Å². The SMILES string of the molecule is CC[C@H]1CC[C@H]2[C@@H]3CCC4CC(N(C)C)CC[C@]4(C)[C@H]3CC[C@]12C. The van der Waals surface area contributed by atoms with Crippen LogP contribution in [0.25, 0.3) is 0 Å². The van der Waals surface area contributed by atoms with Crippen LogP contribution >= 0.6 is 0 Å². The number of hydrogen-bond acceptors (Lipinski definition) is 1. The molecule has 4 aliphatic rings. The van der Waals surface area contributed by atoms with E-state index in [0.29, 0.717) is 10.8 Å². The van der Waals surface area contributed by atoms with Crippen molar-refractivity contribution in [3.05, 3.63) is 0 Å². The lowest BCUT2D eigenvalue weighted by atomic mass is 9.44. The highest BCUT2D eigenvalue weighted by molar-refractivity contribution is 5.09. The van der Waals surface area contributed by atoms with Gasteiger partial charge in [-0.3, -0.25) is 0 Å². The minimum absolute atomic E-state index is 0.668. The van der Waals surface area contributed by atoms with Gasteiger partial charge in [-0.05, 0) is 112 Å². The Morgan fingerprint density at radius 2 is 1.54 bits per heavy atom. The second-order valence-electron chi connectivity index (χ2n) is 10.8. The zero-order valence-electron chi connectivity index (χ0n) is 17.0. The van der Waals surface area contributed by atoms with Crippen molar-refractivity contribution in [1.29, 1.82) is 0 Å². The molecule has 1 heteroatoms. The molecule has 24 heavy (non-hydrogen) atoms. The van der Waals surface area contributed by atoms with Gasteiger partial charge in [-0.2, -0.15) is 0 Å². The highest BCUT2D eigenvalue weighted by Gasteiger charge is 2.59. The molecule has 0 radical (unpaired) electrons. The summed E-state index contributed by atoms with van der Waals surface area (Å²) in [5, 5.41) is 0. The molecule has 4 fully saturated rings. The maximum absolute atomic E-state index is 2.72. The molecule has 8 atom stereocenters. The van der Waals surface area contributed by atoms with E-state index in [1.54, 1.807) is 19.3 Å². The molecule has 4 saturated carbocycles. The molecule has 0 saturated heterocycles. The average molecular weight is 332 g/mol. The van der Waals surface area contributed by atoms with Crippen LogP contribution in [-0.4, -0.2) is 25.0 Å². The van der Waals surface area contributed by atoms with Crippen LogP contribution in [0.4, 0.5) is 0 Å². The summed E-state index contributed by atoms with van der Waals surface area (Å²) in [6.45, 7) is 7.85. The van der Waals surface area contributed by atoms with E-state index in [0.717, 1.165) is 35.6 Å². The van der Waals surface area contributed by atoms with Crippen LogP contribution < -0.4 is 0 Å². The van der Waals surface area contributed by atoms with E-state index in [4.69, 9.17) is 0 Å². The molecule has 1 nitrogen and oxygen atoms in total. The van der Waals surface area contributed by atoms with Gasteiger partial charge in [-0.1, -0.05) is 27.2 Å². The van der Waals surface area contributed by atoms with E-state index in [2.05, 4.69) is 39.8 Å².